The minimum absolute atomic E-state index is 1.63. The van der Waals surface area contributed by atoms with E-state index in [2.05, 4.69) is 27.1 Å². The van der Waals surface area contributed by atoms with Crippen LogP contribution >= 0.6 is 47.4 Å². The fourth-order valence-electron chi connectivity index (χ4n) is 1.56. The minimum Gasteiger partial charge on any atom is -0.378 e. The first kappa shape index (κ1) is 25.5. The van der Waals surface area contributed by atoms with Gasteiger partial charge in [-0.15, -0.1) is 0 Å². The summed E-state index contributed by atoms with van der Waals surface area (Å²) in [5.74, 6) is -9.77. The maximum atomic E-state index is 10.9. The molecule has 0 radical (unpaired) electrons. The molecule has 1 rings (SSSR count). The molecule has 0 saturated carbocycles. The van der Waals surface area contributed by atoms with Crippen molar-refractivity contribution in [1.29, 1.82) is 0 Å². The summed E-state index contributed by atoms with van der Waals surface area (Å²) < 4.78 is 156. The lowest BCUT2D eigenvalue weighted by molar-refractivity contribution is 0.360. The van der Waals surface area contributed by atoms with Crippen LogP contribution < -0.4 is 27.1 Å². The maximum Gasteiger partial charge on any atom is 0.529 e. The molecular weight excluding hydrogens is 546 g/mol. The van der Waals surface area contributed by atoms with Crippen LogP contribution in [0.25, 0.3) is 0 Å². The highest BCUT2D eigenvalue weighted by molar-refractivity contribution is 7.26. The third-order valence-electron chi connectivity index (χ3n) is 2.23. The lowest BCUT2D eigenvalue weighted by atomic mass is 10.2. The molecule has 162 valence electrons. The molecule has 0 aliphatic carbocycles. The van der Waals surface area contributed by atoms with Crippen molar-refractivity contribution in [3.8, 4) is 34.5 Å². The SMILES string of the molecule is O=P(=O)Oc1c(OP(=O)=O)c(OP(=O)=O)c(OP(=O)=O)c(OP(=O)=O)c1OP(=O)=O. The van der Waals surface area contributed by atoms with Crippen molar-refractivity contribution in [1.82, 2.24) is 0 Å². The second-order valence-corrected chi connectivity index (χ2v) is 7.64. The molecule has 0 heterocycles. The van der Waals surface area contributed by atoms with Gasteiger partial charge in [0.25, 0.3) is 0 Å². The van der Waals surface area contributed by atoms with Crippen LogP contribution in [0.3, 0.4) is 0 Å². The quantitative estimate of drug-likeness (QED) is 0.327. The number of hydrogen-bond acceptors (Lipinski definition) is 18. The Bertz CT molecular complexity index is 959. The largest absolute Gasteiger partial charge is 0.529 e. The molecule has 0 aliphatic rings. The van der Waals surface area contributed by atoms with Crippen LogP contribution in [0.4, 0.5) is 0 Å². The molecule has 0 bridgehead atoms. The summed E-state index contributed by atoms with van der Waals surface area (Å²) >= 11 is 0. The summed E-state index contributed by atoms with van der Waals surface area (Å²) in [4.78, 5) is 0. The summed E-state index contributed by atoms with van der Waals surface area (Å²) in [7, 11) is -24.5. The van der Waals surface area contributed by atoms with E-state index in [1.807, 2.05) is 0 Å². The number of rotatable bonds is 12. The molecule has 18 nitrogen and oxygen atoms in total. The molecule has 0 amide bonds. The van der Waals surface area contributed by atoms with Crippen molar-refractivity contribution in [2.24, 2.45) is 0 Å². The van der Waals surface area contributed by atoms with Crippen LogP contribution in [0.15, 0.2) is 0 Å². The van der Waals surface area contributed by atoms with Crippen molar-refractivity contribution in [2.45, 2.75) is 0 Å². The molecule has 30 heavy (non-hydrogen) atoms. The molecule has 0 aromatic heterocycles. The standard InChI is InChI=1S/C6O18P6/c7-25(8)19-1-2(20-26(9)10)4(22-28(13)14)6(24-30(17)18)5(23-29(15)16)3(1)21-27(11)12. The summed E-state index contributed by atoms with van der Waals surface area (Å²) in [5, 5.41) is 0. The first-order valence-electron chi connectivity index (χ1n) is 6.01. The van der Waals surface area contributed by atoms with E-state index in [4.69, 9.17) is 0 Å². The lowest BCUT2D eigenvalue weighted by Gasteiger charge is -2.16. The molecule has 0 saturated heterocycles. The normalized spacial score (nSPS) is 9.60. The van der Waals surface area contributed by atoms with Crippen LogP contribution in [0, 0.1) is 0 Å². The van der Waals surface area contributed by atoms with Gasteiger partial charge in [0.15, 0.2) is 0 Å². The zero-order chi connectivity index (χ0) is 23.2. The predicted molar refractivity (Wildman–Crippen MR) is 80.0 cm³/mol. The summed E-state index contributed by atoms with van der Waals surface area (Å²) in [6.45, 7) is 0. The predicted octanol–water partition coefficient (Wildman–Crippen LogP) is 4.49. The minimum atomic E-state index is -4.08. The Morgan fingerprint density at radius 1 is 0.267 bits per heavy atom. The van der Waals surface area contributed by atoms with Crippen molar-refractivity contribution >= 4 is 47.4 Å². The van der Waals surface area contributed by atoms with E-state index in [1.165, 1.54) is 0 Å². The smallest absolute Gasteiger partial charge is 0.378 e. The topological polar surface area (TPSA) is 260 Å². The molecule has 0 unspecified atom stereocenters. The summed E-state index contributed by atoms with van der Waals surface area (Å²) in [5.41, 5.74) is 0. The summed E-state index contributed by atoms with van der Waals surface area (Å²) in [6, 6.07) is 0. The molecule has 0 aliphatic heterocycles. The van der Waals surface area contributed by atoms with Gasteiger partial charge >= 0.3 is 47.4 Å². The average Bonchev–Trinajstić information content (AvgIpc) is 2.55. The van der Waals surface area contributed by atoms with Gasteiger partial charge in [-0.2, -0.15) is 54.8 Å². The van der Waals surface area contributed by atoms with Crippen LogP contribution in [-0.4, -0.2) is 0 Å². The highest BCUT2D eigenvalue weighted by Gasteiger charge is 2.37. The zero-order valence-electron chi connectivity index (χ0n) is 13.0. The Kier molecular flexibility index (Phi) is 9.32. The fraction of sp³-hybridized carbons (Fsp3) is 0. The fourth-order valence-corrected chi connectivity index (χ4v) is 3.45. The first-order chi connectivity index (χ1) is 13.8. The third kappa shape index (κ3) is 7.35. The average molecular weight is 546 g/mol. The van der Waals surface area contributed by atoms with E-state index in [0.717, 1.165) is 0 Å². The molecule has 0 fully saturated rings. The highest BCUT2D eigenvalue weighted by Crippen LogP contribution is 2.62. The molecule has 1 aromatic rings. The number of hydrogen-bond donors (Lipinski definition) is 0. The monoisotopic (exact) mass is 546 g/mol. The van der Waals surface area contributed by atoms with Gasteiger partial charge < -0.3 is 27.1 Å². The van der Waals surface area contributed by atoms with Crippen molar-refractivity contribution in [3.63, 3.8) is 0 Å². The molecule has 0 spiro atoms. The van der Waals surface area contributed by atoms with Gasteiger partial charge in [0, 0.05) is 0 Å². The maximum absolute atomic E-state index is 10.9. The Morgan fingerprint density at radius 2 is 0.367 bits per heavy atom. The van der Waals surface area contributed by atoms with E-state index in [1.54, 1.807) is 0 Å². The molecular formula is C6O18P6. The van der Waals surface area contributed by atoms with E-state index in [0.29, 0.717) is 0 Å². The Labute approximate surface area is 164 Å². The van der Waals surface area contributed by atoms with Crippen molar-refractivity contribution in [3.05, 3.63) is 0 Å². The van der Waals surface area contributed by atoms with Crippen molar-refractivity contribution < 1.29 is 81.9 Å². The zero-order valence-corrected chi connectivity index (χ0v) is 18.4. The van der Waals surface area contributed by atoms with E-state index < -0.39 is 81.9 Å². The van der Waals surface area contributed by atoms with Gasteiger partial charge in [-0.1, -0.05) is 0 Å². The van der Waals surface area contributed by atoms with Gasteiger partial charge in [-0.25, -0.2) is 0 Å². The molecule has 24 heteroatoms. The van der Waals surface area contributed by atoms with Gasteiger partial charge in [0.1, 0.15) is 0 Å². The summed E-state index contributed by atoms with van der Waals surface area (Å²) in [6.07, 6.45) is 0. The van der Waals surface area contributed by atoms with E-state index >= 15 is 0 Å². The Balaban J connectivity index is 4.36. The van der Waals surface area contributed by atoms with Crippen LogP contribution in [0.1, 0.15) is 0 Å². The second-order valence-electron chi connectivity index (χ2n) is 3.86. The Hall–Kier alpha value is -2.58. The highest BCUT2D eigenvalue weighted by atomic mass is 31.1. The van der Waals surface area contributed by atoms with Gasteiger partial charge in [-0.05, 0) is 0 Å². The van der Waals surface area contributed by atoms with E-state index in [9.17, 15) is 54.8 Å². The van der Waals surface area contributed by atoms with Crippen LogP contribution in [0.2, 0.25) is 0 Å². The molecule has 0 N–H and O–H groups in total. The Morgan fingerprint density at radius 3 is 0.433 bits per heavy atom. The van der Waals surface area contributed by atoms with Gasteiger partial charge in [0.2, 0.25) is 34.5 Å². The first-order valence-corrected chi connectivity index (χ1v) is 12.6. The van der Waals surface area contributed by atoms with Gasteiger partial charge in [-0.3, -0.25) is 0 Å². The van der Waals surface area contributed by atoms with Crippen LogP contribution in [-0.2, 0) is 54.8 Å². The second kappa shape index (κ2) is 11.0. The molecule has 1 aromatic carbocycles. The van der Waals surface area contributed by atoms with Gasteiger partial charge in [0.05, 0.1) is 0 Å². The van der Waals surface area contributed by atoms with Crippen molar-refractivity contribution in [2.75, 3.05) is 0 Å². The molecule has 0 atom stereocenters. The van der Waals surface area contributed by atoms with Crippen LogP contribution in [0.5, 0.6) is 34.5 Å². The third-order valence-corrected chi connectivity index (χ3v) is 4.22. The number of benzene rings is 1. The van der Waals surface area contributed by atoms with E-state index in [-0.39, 0.29) is 0 Å². The lowest BCUT2D eigenvalue weighted by Crippen LogP contribution is -1.98.